The SMILES string of the molecule is CC(C)[C@@H](N)C(=O)NCCCOC(=O)CCCSc1ccccc1. The second-order valence-corrected chi connectivity index (χ2v) is 7.07. The van der Waals surface area contributed by atoms with Crippen LogP contribution in [0.3, 0.4) is 0 Å². The summed E-state index contributed by atoms with van der Waals surface area (Å²) in [7, 11) is 0. The van der Waals surface area contributed by atoms with Crippen LogP contribution in [0.2, 0.25) is 0 Å². The molecule has 0 bridgehead atoms. The van der Waals surface area contributed by atoms with E-state index in [0.29, 0.717) is 26.0 Å². The van der Waals surface area contributed by atoms with Crippen LogP contribution in [-0.4, -0.2) is 36.8 Å². The second-order valence-electron chi connectivity index (χ2n) is 5.90. The fraction of sp³-hybridized carbons (Fsp3) is 0.556. The van der Waals surface area contributed by atoms with Crippen molar-refractivity contribution in [2.45, 2.75) is 44.0 Å². The Balaban J connectivity index is 1.99. The van der Waals surface area contributed by atoms with E-state index in [2.05, 4.69) is 17.4 Å². The average molecular weight is 352 g/mol. The fourth-order valence-electron chi connectivity index (χ4n) is 1.89. The van der Waals surface area contributed by atoms with E-state index in [1.54, 1.807) is 11.8 Å². The third-order valence-corrected chi connectivity index (χ3v) is 4.54. The molecule has 3 N–H and O–H groups in total. The van der Waals surface area contributed by atoms with E-state index in [0.717, 1.165) is 12.2 Å². The van der Waals surface area contributed by atoms with Crippen molar-refractivity contribution < 1.29 is 14.3 Å². The standard InChI is InChI=1S/C18H28N2O3S/c1-14(2)17(19)18(22)20-11-7-12-23-16(21)10-6-13-24-15-8-4-3-5-9-15/h3-5,8-9,14,17H,6-7,10-13,19H2,1-2H3,(H,20,22)/t17-/m1/s1. The Hall–Kier alpha value is -1.53. The largest absolute Gasteiger partial charge is 0.466 e. The topological polar surface area (TPSA) is 81.4 Å². The molecule has 0 radical (unpaired) electrons. The second kappa shape index (κ2) is 11.9. The molecule has 0 unspecified atom stereocenters. The quantitative estimate of drug-likeness (QED) is 0.363. The summed E-state index contributed by atoms with van der Waals surface area (Å²) in [5.74, 6) is 0.655. The Kier molecular flexibility index (Phi) is 10.2. The molecular formula is C18H28N2O3S. The molecule has 1 amide bonds. The number of thioether (sulfide) groups is 1. The number of carbonyl (C=O) groups is 2. The molecule has 0 aliphatic carbocycles. The monoisotopic (exact) mass is 352 g/mol. The van der Waals surface area contributed by atoms with Crippen LogP contribution in [0.4, 0.5) is 0 Å². The van der Waals surface area contributed by atoms with Gasteiger partial charge < -0.3 is 15.8 Å². The van der Waals surface area contributed by atoms with Gasteiger partial charge >= 0.3 is 5.97 Å². The van der Waals surface area contributed by atoms with E-state index < -0.39 is 6.04 Å². The number of carbonyl (C=O) groups excluding carboxylic acids is 2. The van der Waals surface area contributed by atoms with Gasteiger partial charge in [0.05, 0.1) is 12.6 Å². The van der Waals surface area contributed by atoms with Crippen LogP contribution in [0.1, 0.15) is 33.1 Å². The number of rotatable bonds is 11. The summed E-state index contributed by atoms with van der Waals surface area (Å²) in [6.45, 7) is 4.60. The zero-order chi connectivity index (χ0) is 17.8. The molecule has 24 heavy (non-hydrogen) atoms. The highest BCUT2D eigenvalue weighted by molar-refractivity contribution is 7.99. The number of hydrogen-bond acceptors (Lipinski definition) is 5. The van der Waals surface area contributed by atoms with Crippen molar-refractivity contribution in [3.8, 4) is 0 Å². The Labute approximate surface area is 148 Å². The van der Waals surface area contributed by atoms with Crippen molar-refractivity contribution in [2.75, 3.05) is 18.9 Å². The van der Waals surface area contributed by atoms with Gasteiger partial charge in [-0.1, -0.05) is 32.0 Å². The van der Waals surface area contributed by atoms with Crippen molar-refractivity contribution in [1.82, 2.24) is 5.32 Å². The molecule has 0 aromatic heterocycles. The minimum atomic E-state index is -0.491. The number of amides is 1. The lowest BCUT2D eigenvalue weighted by Gasteiger charge is -2.15. The normalized spacial score (nSPS) is 12.0. The smallest absolute Gasteiger partial charge is 0.305 e. The molecule has 0 saturated carbocycles. The summed E-state index contributed by atoms with van der Waals surface area (Å²) >= 11 is 1.74. The molecular weight excluding hydrogens is 324 g/mol. The van der Waals surface area contributed by atoms with Crippen LogP contribution >= 0.6 is 11.8 Å². The molecule has 1 rings (SSSR count). The van der Waals surface area contributed by atoms with Gasteiger partial charge in [-0.25, -0.2) is 0 Å². The summed E-state index contributed by atoms with van der Waals surface area (Å²) in [5, 5.41) is 2.75. The Morgan fingerprint density at radius 2 is 1.92 bits per heavy atom. The maximum Gasteiger partial charge on any atom is 0.305 e. The molecule has 1 atom stereocenters. The molecule has 0 heterocycles. The zero-order valence-corrected chi connectivity index (χ0v) is 15.3. The lowest BCUT2D eigenvalue weighted by atomic mass is 10.1. The van der Waals surface area contributed by atoms with Crippen molar-refractivity contribution in [3.05, 3.63) is 30.3 Å². The molecule has 0 aliphatic rings. The maximum absolute atomic E-state index is 11.6. The van der Waals surface area contributed by atoms with Crippen molar-refractivity contribution in [1.29, 1.82) is 0 Å². The first-order chi connectivity index (χ1) is 11.5. The third kappa shape index (κ3) is 8.93. The van der Waals surface area contributed by atoms with E-state index in [1.165, 1.54) is 4.90 Å². The van der Waals surface area contributed by atoms with E-state index in [9.17, 15) is 9.59 Å². The van der Waals surface area contributed by atoms with E-state index in [4.69, 9.17) is 10.5 Å². The molecule has 134 valence electrons. The summed E-state index contributed by atoms with van der Waals surface area (Å²) in [6, 6.07) is 9.62. The highest BCUT2D eigenvalue weighted by atomic mass is 32.2. The Bertz CT molecular complexity index is 494. The Morgan fingerprint density at radius 1 is 1.21 bits per heavy atom. The van der Waals surface area contributed by atoms with E-state index >= 15 is 0 Å². The number of ether oxygens (including phenoxy) is 1. The number of nitrogens with one attached hydrogen (secondary N) is 1. The predicted octanol–water partition coefficient (Wildman–Crippen LogP) is 2.59. The van der Waals surface area contributed by atoms with Gasteiger partial charge in [0.15, 0.2) is 0 Å². The zero-order valence-electron chi connectivity index (χ0n) is 14.5. The maximum atomic E-state index is 11.6. The molecule has 0 spiro atoms. The van der Waals surface area contributed by atoms with Gasteiger partial charge in [-0.05, 0) is 36.6 Å². The molecule has 5 nitrogen and oxygen atoms in total. The first-order valence-corrected chi connectivity index (χ1v) is 9.36. The predicted molar refractivity (Wildman–Crippen MR) is 97.8 cm³/mol. The van der Waals surface area contributed by atoms with Crippen molar-refractivity contribution in [2.24, 2.45) is 11.7 Å². The number of benzene rings is 1. The van der Waals surface area contributed by atoms with Gasteiger partial charge in [0.25, 0.3) is 0 Å². The van der Waals surface area contributed by atoms with E-state index in [1.807, 2.05) is 32.0 Å². The minimum Gasteiger partial charge on any atom is -0.466 e. The van der Waals surface area contributed by atoms with Crippen LogP contribution in [-0.2, 0) is 14.3 Å². The number of nitrogens with two attached hydrogens (primary N) is 1. The molecule has 0 fully saturated rings. The lowest BCUT2D eigenvalue weighted by Crippen LogP contribution is -2.44. The highest BCUT2D eigenvalue weighted by Gasteiger charge is 2.16. The molecule has 0 saturated heterocycles. The van der Waals surface area contributed by atoms with Gasteiger partial charge in [-0.15, -0.1) is 11.8 Å². The van der Waals surface area contributed by atoms with Crippen LogP contribution in [0.25, 0.3) is 0 Å². The van der Waals surface area contributed by atoms with Gasteiger partial charge in [0, 0.05) is 17.9 Å². The van der Waals surface area contributed by atoms with Crippen LogP contribution in [0.5, 0.6) is 0 Å². The Morgan fingerprint density at radius 3 is 2.58 bits per heavy atom. The average Bonchev–Trinajstić information content (AvgIpc) is 2.58. The molecule has 1 aromatic rings. The minimum absolute atomic E-state index is 0.108. The van der Waals surface area contributed by atoms with E-state index in [-0.39, 0.29) is 17.8 Å². The van der Waals surface area contributed by atoms with Crippen LogP contribution < -0.4 is 11.1 Å². The molecule has 1 aromatic carbocycles. The van der Waals surface area contributed by atoms with Gasteiger partial charge in [-0.2, -0.15) is 0 Å². The van der Waals surface area contributed by atoms with Gasteiger partial charge in [-0.3, -0.25) is 9.59 Å². The number of hydrogen-bond donors (Lipinski definition) is 2. The lowest BCUT2D eigenvalue weighted by molar-refractivity contribution is -0.143. The fourth-order valence-corrected chi connectivity index (χ4v) is 2.76. The summed E-state index contributed by atoms with van der Waals surface area (Å²) in [5.41, 5.74) is 5.73. The first-order valence-electron chi connectivity index (χ1n) is 8.37. The van der Waals surface area contributed by atoms with Gasteiger partial charge in [0.1, 0.15) is 0 Å². The third-order valence-electron chi connectivity index (χ3n) is 3.44. The van der Waals surface area contributed by atoms with Crippen LogP contribution in [0, 0.1) is 5.92 Å². The van der Waals surface area contributed by atoms with Crippen molar-refractivity contribution in [3.63, 3.8) is 0 Å². The number of esters is 1. The van der Waals surface area contributed by atoms with Crippen molar-refractivity contribution >= 4 is 23.6 Å². The van der Waals surface area contributed by atoms with Crippen LogP contribution in [0.15, 0.2) is 35.2 Å². The summed E-state index contributed by atoms with van der Waals surface area (Å²) in [4.78, 5) is 24.4. The summed E-state index contributed by atoms with van der Waals surface area (Å²) in [6.07, 6.45) is 1.81. The molecule has 0 aliphatic heterocycles. The molecule has 6 heteroatoms. The first kappa shape index (κ1) is 20.5. The van der Waals surface area contributed by atoms with Gasteiger partial charge in [0.2, 0.25) is 5.91 Å². The summed E-state index contributed by atoms with van der Waals surface area (Å²) < 4.78 is 5.15. The highest BCUT2D eigenvalue weighted by Crippen LogP contribution is 2.18.